The van der Waals surface area contributed by atoms with Crippen LogP contribution in [-0.2, 0) is 0 Å². The number of nitrogens with zero attached hydrogens (tertiary/aromatic N) is 1. The van der Waals surface area contributed by atoms with Crippen LogP contribution in [0, 0.1) is 17.8 Å². The lowest BCUT2D eigenvalue weighted by molar-refractivity contribution is 0.153. The first-order valence-electron chi connectivity index (χ1n) is 7.79. The molecule has 3 rings (SSSR count). The molecule has 0 radical (unpaired) electrons. The molecule has 0 aromatic rings. The Bertz CT molecular complexity index is 266. The number of hydrogen-bond donors (Lipinski definition) is 1. The van der Waals surface area contributed by atoms with Crippen molar-refractivity contribution in [3.05, 3.63) is 0 Å². The summed E-state index contributed by atoms with van der Waals surface area (Å²) in [6.45, 7) is 8.71. The number of hydrogen-bond acceptors (Lipinski definition) is 2. The third kappa shape index (κ3) is 2.04. The molecule has 3 fully saturated rings. The van der Waals surface area contributed by atoms with E-state index in [1.54, 1.807) is 0 Å². The summed E-state index contributed by atoms with van der Waals surface area (Å²) in [6.07, 6.45) is 7.20. The smallest absolute Gasteiger partial charge is 0.0140 e. The molecule has 5 unspecified atom stereocenters. The average Bonchev–Trinajstić information content (AvgIpc) is 3.02. The van der Waals surface area contributed by atoms with Gasteiger partial charge in [0.15, 0.2) is 0 Å². The Balaban J connectivity index is 1.67. The van der Waals surface area contributed by atoms with Gasteiger partial charge in [-0.3, -0.25) is 4.90 Å². The number of rotatable bonds is 3. The Morgan fingerprint density at radius 2 is 2.00 bits per heavy atom. The van der Waals surface area contributed by atoms with Crippen molar-refractivity contribution in [2.75, 3.05) is 19.6 Å². The van der Waals surface area contributed by atoms with E-state index in [0.717, 1.165) is 29.8 Å². The van der Waals surface area contributed by atoms with E-state index in [1.807, 2.05) is 0 Å². The van der Waals surface area contributed by atoms with E-state index in [1.165, 1.54) is 51.7 Å². The molecule has 0 bridgehead atoms. The summed E-state index contributed by atoms with van der Waals surface area (Å²) < 4.78 is 0. The zero-order valence-electron chi connectivity index (χ0n) is 11.5. The van der Waals surface area contributed by atoms with Crippen molar-refractivity contribution in [3.8, 4) is 0 Å². The van der Waals surface area contributed by atoms with Crippen LogP contribution in [0.25, 0.3) is 0 Å². The van der Waals surface area contributed by atoms with Gasteiger partial charge < -0.3 is 5.32 Å². The molecule has 2 heterocycles. The van der Waals surface area contributed by atoms with Gasteiger partial charge in [0, 0.05) is 18.6 Å². The molecule has 0 aromatic heterocycles. The summed E-state index contributed by atoms with van der Waals surface area (Å²) in [6, 6.07) is 1.81. The third-order valence-electron chi connectivity index (χ3n) is 5.74. The highest BCUT2D eigenvalue weighted by molar-refractivity contribution is 5.01. The third-order valence-corrected chi connectivity index (χ3v) is 5.74. The minimum absolute atomic E-state index is 0.885. The van der Waals surface area contributed by atoms with Gasteiger partial charge in [-0.25, -0.2) is 0 Å². The lowest BCUT2D eigenvalue weighted by Crippen LogP contribution is -2.41. The quantitative estimate of drug-likeness (QED) is 0.810. The summed E-state index contributed by atoms with van der Waals surface area (Å²) >= 11 is 0. The van der Waals surface area contributed by atoms with Crippen molar-refractivity contribution in [2.45, 2.75) is 58.0 Å². The fourth-order valence-electron chi connectivity index (χ4n) is 4.73. The Morgan fingerprint density at radius 3 is 2.71 bits per heavy atom. The average molecular weight is 236 g/mol. The highest BCUT2D eigenvalue weighted by Crippen LogP contribution is 2.40. The molecule has 0 spiro atoms. The summed E-state index contributed by atoms with van der Waals surface area (Å²) in [5.74, 6) is 2.94. The molecule has 2 saturated heterocycles. The maximum Gasteiger partial charge on any atom is 0.0140 e. The molecule has 2 nitrogen and oxygen atoms in total. The maximum atomic E-state index is 3.59. The standard InChI is InChI=1S/C15H28N2/c1-3-11-5-6-13(7-11)17-10-12-8-16-9-14(12)15(17)4-2/h11-16H,3-10H2,1-2H3. The largest absolute Gasteiger partial charge is 0.316 e. The number of fused-ring (bicyclic) bond motifs is 1. The highest BCUT2D eigenvalue weighted by atomic mass is 15.2. The molecular formula is C15H28N2. The monoisotopic (exact) mass is 236 g/mol. The minimum Gasteiger partial charge on any atom is -0.316 e. The van der Waals surface area contributed by atoms with Crippen LogP contribution in [0.15, 0.2) is 0 Å². The van der Waals surface area contributed by atoms with Crippen LogP contribution in [0.5, 0.6) is 0 Å². The number of likely N-dealkylation sites (tertiary alicyclic amines) is 1. The van der Waals surface area contributed by atoms with Crippen LogP contribution in [0.4, 0.5) is 0 Å². The van der Waals surface area contributed by atoms with Crippen LogP contribution < -0.4 is 5.32 Å². The van der Waals surface area contributed by atoms with Gasteiger partial charge in [0.1, 0.15) is 0 Å². The fourth-order valence-corrected chi connectivity index (χ4v) is 4.73. The molecule has 1 aliphatic carbocycles. The van der Waals surface area contributed by atoms with Gasteiger partial charge in [-0.05, 0) is 56.5 Å². The maximum absolute atomic E-state index is 3.59. The second-order valence-corrected chi connectivity index (χ2v) is 6.50. The highest BCUT2D eigenvalue weighted by Gasteiger charge is 2.46. The van der Waals surface area contributed by atoms with E-state index in [4.69, 9.17) is 0 Å². The Labute approximate surface area is 106 Å². The first-order valence-corrected chi connectivity index (χ1v) is 7.79. The Kier molecular flexibility index (Phi) is 3.45. The Hall–Kier alpha value is -0.0800. The molecular weight excluding hydrogens is 208 g/mol. The van der Waals surface area contributed by atoms with Crippen LogP contribution >= 0.6 is 0 Å². The van der Waals surface area contributed by atoms with Crippen molar-refractivity contribution >= 4 is 0 Å². The second-order valence-electron chi connectivity index (χ2n) is 6.50. The predicted octanol–water partition coefficient (Wildman–Crippen LogP) is 2.49. The molecule has 5 atom stereocenters. The van der Waals surface area contributed by atoms with Crippen LogP contribution in [0.2, 0.25) is 0 Å². The molecule has 98 valence electrons. The minimum atomic E-state index is 0.885. The summed E-state index contributed by atoms with van der Waals surface area (Å²) in [7, 11) is 0. The first-order chi connectivity index (χ1) is 8.33. The molecule has 3 aliphatic rings. The van der Waals surface area contributed by atoms with E-state index in [9.17, 15) is 0 Å². The number of nitrogens with one attached hydrogen (secondary N) is 1. The van der Waals surface area contributed by atoms with Crippen LogP contribution in [0.3, 0.4) is 0 Å². The van der Waals surface area contributed by atoms with Crippen molar-refractivity contribution in [2.24, 2.45) is 17.8 Å². The van der Waals surface area contributed by atoms with Gasteiger partial charge in [-0.15, -0.1) is 0 Å². The lowest BCUT2D eigenvalue weighted by Gasteiger charge is -2.32. The topological polar surface area (TPSA) is 15.3 Å². The van der Waals surface area contributed by atoms with E-state index in [-0.39, 0.29) is 0 Å². The van der Waals surface area contributed by atoms with Crippen molar-refractivity contribution in [1.29, 1.82) is 0 Å². The molecule has 2 heteroatoms. The molecule has 1 saturated carbocycles. The molecule has 17 heavy (non-hydrogen) atoms. The zero-order chi connectivity index (χ0) is 11.8. The molecule has 0 amide bonds. The van der Waals surface area contributed by atoms with Crippen molar-refractivity contribution in [1.82, 2.24) is 10.2 Å². The van der Waals surface area contributed by atoms with Crippen LogP contribution in [-0.4, -0.2) is 36.6 Å². The van der Waals surface area contributed by atoms with E-state index in [2.05, 4.69) is 24.1 Å². The van der Waals surface area contributed by atoms with Gasteiger partial charge in [0.05, 0.1) is 0 Å². The zero-order valence-corrected chi connectivity index (χ0v) is 11.5. The van der Waals surface area contributed by atoms with E-state index < -0.39 is 0 Å². The van der Waals surface area contributed by atoms with Gasteiger partial charge in [0.2, 0.25) is 0 Å². The summed E-state index contributed by atoms with van der Waals surface area (Å²) in [5, 5.41) is 3.59. The van der Waals surface area contributed by atoms with Crippen molar-refractivity contribution < 1.29 is 0 Å². The van der Waals surface area contributed by atoms with Crippen LogP contribution in [0.1, 0.15) is 46.0 Å². The van der Waals surface area contributed by atoms with E-state index in [0.29, 0.717) is 0 Å². The summed E-state index contributed by atoms with van der Waals surface area (Å²) in [5.41, 5.74) is 0. The first kappa shape index (κ1) is 12.0. The lowest BCUT2D eigenvalue weighted by atomic mass is 9.92. The van der Waals surface area contributed by atoms with Crippen molar-refractivity contribution in [3.63, 3.8) is 0 Å². The van der Waals surface area contributed by atoms with Gasteiger partial charge in [0.25, 0.3) is 0 Å². The molecule has 1 N–H and O–H groups in total. The summed E-state index contributed by atoms with van der Waals surface area (Å²) in [4.78, 5) is 2.91. The fraction of sp³-hybridized carbons (Fsp3) is 1.00. The van der Waals surface area contributed by atoms with Gasteiger partial charge in [-0.1, -0.05) is 20.3 Å². The normalized spacial score (nSPS) is 46.6. The van der Waals surface area contributed by atoms with Gasteiger partial charge in [-0.2, -0.15) is 0 Å². The Morgan fingerprint density at radius 1 is 1.12 bits per heavy atom. The van der Waals surface area contributed by atoms with Gasteiger partial charge >= 0.3 is 0 Å². The molecule has 2 aliphatic heterocycles. The second kappa shape index (κ2) is 4.89. The SMILES string of the molecule is CCC1CCC(N2CC3CNCC3C2CC)C1. The predicted molar refractivity (Wildman–Crippen MR) is 72.1 cm³/mol. The van der Waals surface area contributed by atoms with E-state index >= 15 is 0 Å². The molecule has 0 aromatic carbocycles.